The van der Waals surface area contributed by atoms with Crippen LogP contribution in [0.15, 0.2) is 29.7 Å². The lowest BCUT2D eigenvalue weighted by Crippen LogP contribution is -2.04. The van der Waals surface area contributed by atoms with Gasteiger partial charge in [0.2, 0.25) is 6.79 Å². The van der Waals surface area contributed by atoms with Crippen LogP contribution in [0.25, 0.3) is 0 Å². The first-order valence-corrected chi connectivity index (χ1v) is 7.20. The highest BCUT2D eigenvalue weighted by Gasteiger charge is 2.17. The van der Waals surface area contributed by atoms with Crippen molar-refractivity contribution in [1.29, 1.82) is 0 Å². The molecule has 1 aromatic carbocycles. The zero-order chi connectivity index (χ0) is 13.9. The van der Waals surface area contributed by atoms with Crippen molar-refractivity contribution >= 4 is 17.5 Å². The standard InChI is InChI=1S/C13H13N3O3S/c1-2-16-7-14-15-13(16)20-6-10(17)9-3-4-11-12(5-9)19-8-18-11/h3-5,7H,2,6,8H2,1H3. The number of aryl methyl sites for hydroxylation is 1. The van der Waals surface area contributed by atoms with E-state index in [9.17, 15) is 4.79 Å². The molecule has 0 bridgehead atoms. The van der Waals surface area contributed by atoms with Crippen LogP contribution >= 0.6 is 11.8 Å². The molecule has 0 N–H and O–H groups in total. The van der Waals surface area contributed by atoms with Crippen molar-refractivity contribution in [2.24, 2.45) is 0 Å². The summed E-state index contributed by atoms with van der Waals surface area (Å²) in [6, 6.07) is 5.23. The van der Waals surface area contributed by atoms with E-state index in [1.54, 1.807) is 24.5 Å². The first kappa shape index (κ1) is 13.0. The average molecular weight is 291 g/mol. The number of benzene rings is 1. The topological polar surface area (TPSA) is 66.2 Å². The van der Waals surface area contributed by atoms with Crippen LogP contribution in [0.5, 0.6) is 11.5 Å². The number of nitrogens with zero attached hydrogens (tertiary/aromatic N) is 3. The van der Waals surface area contributed by atoms with Crippen molar-refractivity contribution in [2.75, 3.05) is 12.5 Å². The molecule has 2 aromatic rings. The minimum absolute atomic E-state index is 0.0268. The number of fused-ring (bicyclic) bond motifs is 1. The van der Waals surface area contributed by atoms with Crippen molar-refractivity contribution in [3.8, 4) is 11.5 Å². The number of carbonyl (C=O) groups is 1. The van der Waals surface area contributed by atoms with Gasteiger partial charge < -0.3 is 14.0 Å². The maximum absolute atomic E-state index is 12.2. The third-order valence-electron chi connectivity index (χ3n) is 2.95. The molecule has 0 fully saturated rings. The van der Waals surface area contributed by atoms with Crippen LogP contribution in [-0.4, -0.2) is 33.1 Å². The van der Waals surface area contributed by atoms with Crippen LogP contribution in [0.4, 0.5) is 0 Å². The van der Waals surface area contributed by atoms with Crippen molar-refractivity contribution < 1.29 is 14.3 Å². The van der Waals surface area contributed by atoms with Crippen molar-refractivity contribution in [1.82, 2.24) is 14.8 Å². The molecule has 7 heteroatoms. The lowest BCUT2D eigenvalue weighted by atomic mass is 10.1. The molecular formula is C13H13N3O3S. The van der Waals surface area contributed by atoms with E-state index in [1.807, 2.05) is 11.5 Å². The van der Waals surface area contributed by atoms with E-state index >= 15 is 0 Å². The van der Waals surface area contributed by atoms with Gasteiger partial charge in [0.25, 0.3) is 0 Å². The number of ketones is 1. The summed E-state index contributed by atoms with van der Waals surface area (Å²) < 4.78 is 12.4. The van der Waals surface area contributed by atoms with E-state index in [-0.39, 0.29) is 12.6 Å². The van der Waals surface area contributed by atoms with Gasteiger partial charge in [-0.3, -0.25) is 4.79 Å². The zero-order valence-electron chi connectivity index (χ0n) is 10.9. The second kappa shape index (κ2) is 5.54. The molecular weight excluding hydrogens is 278 g/mol. The summed E-state index contributed by atoms with van der Waals surface area (Å²) >= 11 is 1.38. The second-order valence-electron chi connectivity index (χ2n) is 4.18. The SMILES string of the molecule is CCn1cnnc1SCC(=O)c1ccc2c(c1)OCO2. The van der Waals surface area contributed by atoms with Gasteiger partial charge in [-0.2, -0.15) is 0 Å². The molecule has 0 unspecified atom stereocenters. The Balaban J connectivity index is 1.67. The third-order valence-corrected chi connectivity index (χ3v) is 3.93. The number of carbonyl (C=O) groups excluding carboxylic acids is 1. The molecule has 0 amide bonds. The van der Waals surface area contributed by atoms with E-state index in [2.05, 4.69) is 10.2 Å². The summed E-state index contributed by atoms with van der Waals surface area (Å²) in [7, 11) is 0. The van der Waals surface area contributed by atoms with Crippen LogP contribution in [0.1, 0.15) is 17.3 Å². The van der Waals surface area contributed by atoms with E-state index in [0.29, 0.717) is 22.8 Å². The summed E-state index contributed by atoms with van der Waals surface area (Å²) in [5.74, 6) is 1.65. The highest BCUT2D eigenvalue weighted by Crippen LogP contribution is 2.32. The normalized spacial score (nSPS) is 12.7. The van der Waals surface area contributed by atoms with E-state index in [1.165, 1.54) is 11.8 Å². The zero-order valence-corrected chi connectivity index (χ0v) is 11.7. The summed E-state index contributed by atoms with van der Waals surface area (Å²) in [5, 5.41) is 8.58. The minimum atomic E-state index is 0.0268. The van der Waals surface area contributed by atoms with E-state index < -0.39 is 0 Å². The van der Waals surface area contributed by atoms with Gasteiger partial charge in [0.15, 0.2) is 22.4 Å². The smallest absolute Gasteiger partial charge is 0.231 e. The number of hydrogen-bond acceptors (Lipinski definition) is 6. The number of Topliss-reactive ketones (excluding diaryl/α,β-unsaturated/α-hetero) is 1. The fourth-order valence-electron chi connectivity index (χ4n) is 1.86. The monoisotopic (exact) mass is 291 g/mol. The minimum Gasteiger partial charge on any atom is -0.454 e. The number of hydrogen-bond donors (Lipinski definition) is 0. The molecule has 1 aliphatic heterocycles. The lowest BCUT2D eigenvalue weighted by molar-refractivity contribution is 0.102. The maximum Gasteiger partial charge on any atom is 0.231 e. The summed E-state index contributed by atoms with van der Waals surface area (Å²) in [5.41, 5.74) is 0.615. The van der Waals surface area contributed by atoms with Crippen LogP contribution in [0.2, 0.25) is 0 Å². The van der Waals surface area contributed by atoms with Gasteiger partial charge in [0.05, 0.1) is 5.75 Å². The Morgan fingerprint density at radius 2 is 2.25 bits per heavy atom. The molecule has 2 heterocycles. The first-order chi connectivity index (χ1) is 9.78. The lowest BCUT2D eigenvalue weighted by Gasteiger charge is -2.03. The number of ether oxygens (including phenoxy) is 2. The summed E-state index contributed by atoms with van der Waals surface area (Å²) in [4.78, 5) is 12.2. The summed E-state index contributed by atoms with van der Waals surface area (Å²) in [6.45, 7) is 3.00. The van der Waals surface area contributed by atoms with E-state index in [0.717, 1.165) is 11.7 Å². The fraction of sp³-hybridized carbons (Fsp3) is 0.308. The van der Waals surface area contributed by atoms with Gasteiger partial charge in [-0.1, -0.05) is 11.8 Å². The van der Waals surface area contributed by atoms with Gasteiger partial charge in [-0.25, -0.2) is 0 Å². The Morgan fingerprint density at radius 3 is 3.10 bits per heavy atom. The van der Waals surface area contributed by atoms with Gasteiger partial charge in [-0.05, 0) is 25.1 Å². The van der Waals surface area contributed by atoms with Crippen LogP contribution in [-0.2, 0) is 6.54 Å². The molecule has 6 nitrogen and oxygen atoms in total. The molecule has 0 radical (unpaired) electrons. The van der Waals surface area contributed by atoms with E-state index in [4.69, 9.17) is 9.47 Å². The molecule has 0 spiro atoms. The molecule has 0 atom stereocenters. The highest BCUT2D eigenvalue weighted by atomic mass is 32.2. The molecule has 0 aliphatic carbocycles. The van der Waals surface area contributed by atoms with Crippen molar-refractivity contribution in [3.05, 3.63) is 30.1 Å². The quantitative estimate of drug-likeness (QED) is 0.620. The average Bonchev–Trinajstić information content (AvgIpc) is 3.12. The third kappa shape index (κ3) is 2.49. The molecule has 104 valence electrons. The molecule has 1 aliphatic rings. The van der Waals surface area contributed by atoms with Gasteiger partial charge >= 0.3 is 0 Å². The van der Waals surface area contributed by atoms with Crippen LogP contribution in [0, 0.1) is 0 Å². The number of rotatable bonds is 5. The Morgan fingerprint density at radius 1 is 1.40 bits per heavy atom. The second-order valence-corrected chi connectivity index (χ2v) is 5.12. The van der Waals surface area contributed by atoms with Crippen LogP contribution < -0.4 is 9.47 Å². The number of aromatic nitrogens is 3. The molecule has 1 aromatic heterocycles. The van der Waals surface area contributed by atoms with Crippen molar-refractivity contribution in [3.63, 3.8) is 0 Å². The fourth-order valence-corrected chi connectivity index (χ4v) is 2.73. The predicted octanol–water partition coefficient (Wildman–Crippen LogP) is 2.00. The largest absolute Gasteiger partial charge is 0.454 e. The van der Waals surface area contributed by atoms with Crippen LogP contribution in [0.3, 0.4) is 0 Å². The van der Waals surface area contributed by atoms with Gasteiger partial charge in [-0.15, -0.1) is 10.2 Å². The van der Waals surface area contributed by atoms with Gasteiger partial charge in [0, 0.05) is 12.1 Å². The maximum atomic E-state index is 12.2. The Kier molecular flexibility index (Phi) is 3.60. The highest BCUT2D eigenvalue weighted by molar-refractivity contribution is 7.99. The Bertz CT molecular complexity index is 642. The first-order valence-electron chi connectivity index (χ1n) is 6.21. The predicted molar refractivity (Wildman–Crippen MR) is 73.3 cm³/mol. The number of thioether (sulfide) groups is 1. The molecule has 0 saturated carbocycles. The Labute approximate surface area is 120 Å². The summed E-state index contributed by atoms with van der Waals surface area (Å²) in [6.07, 6.45) is 1.66. The molecule has 20 heavy (non-hydrogen) atoms. The van der Waals surface area contributed by atoms with Crippen molar-refractivity contribution in [2.45, 2.75) is 18.6 Å². The molecule has 0 saturated heterocycles. The molecule has 3 rings (SSSR count). The van der Waals surface area contributed by atoms with Gasteiger partial charge in [0.1, 0.15) is 6.33 Å². The Hall–Kier alpha value is -2.02.